The van der Waals surface area contributed by atoms with Crippen LogP contribution in [0.5, 0.6) is 11.5 Å². The highest BCUT2D eigenvalue weighted by molar-refractivity contribution is 5.79. The maximum atomic E-state index is 12.6. The molecule has 3 rings (SSSR count). The van der Waals surface area contributed by atoms with E-state index in [4.69, 9.17) is 9.47 Å². The zero-order chi connectivity index (χ0) is 19.4. The molecule has 7 nitrogen and oxygen atoms in total. The first-order valence-electron chi connectivity index (χ1n) is 9.49. The highest BCUT2D eigenvalue weighted by atomic mass is 16.5. The summed E-state index contributed by atoms with van der Waals surface area (Å²) in [5.41, 5.74) is 0.868. The molecule has 2 heterocycles. The number of methoxy groups -OCH3 is 2. The summed E-state index contributed by atoms with van der Waals surface area (Å²) in [7, 11) is 3.31. The molecule has 148 valence electrons. The molecule has 0 radical (unpaired) electrons. The second-order valence-corrected chi connectivity index (χ2v) is 7.67. The highest BCUT2D eigenvalue weighted by Crippen LogP contribution is 2.33. The van der Waals surface area contributed by atoms with Crippen LogP contribution in [0.1, 0.15) is 44.1 Å². The van der Waals surface area contributed by atoms with Crippen molar-refractivity contribution in [2.75, 3.05) is 33.9 Å². The van der Waals surface area contributed by atoms with Crippen LogP contribution >= 0.6 is 0 Å². The zero-order valence-corrected chi connectivity index (χ0v) is 16.3. The maximum Gasteiger partial charge on any atom is 0.315 e. The Bertz CT molecular complexity index is 678. The number of nitrogens with zero attached hydrogens (tertiary/aromatic N) is 1. The van der Waals surface area contributed by atoms with E-state index in [1.54, 1.807) is 14.2 Å². The lowest BCUT2D eigenvalue weighted by molar-refractivity contribution is -0.132. The molecule has 2 saturated heterocycles. The number of benzene rings is 1. The predicted octanol–water partition coefficient (Wildman–Crippen LogP) is 2.26. The van der Waals surface area contributed by atoms with Gasteiger partial charge >= 0.3 is 6.03 Å². The van der Waals surface area contributed by atoms with E-state index in [2.05, 4.69) is 22.8 Å². The molecule has 0 saturated carbocycles. The van der Waals surface area contributed by atoms with Crippen LogP contribution in [0.25, 0.3) is 0 Å². The van der Waals surface area contributed by atoms with Gasteiger partial charge in [-0.05, 0) is 49.8 Å². The molecule has 0 aliphatic carbocycles. The number of carbonyl (C=O) groups is 2. The number of rotatable bonds is 6. The molecule has 1 atom stereocenters. The largest absolute Gasteiger partial charge is 0.497 e. The molecule has 2 N–H and O–H groups in total. The summed E-state index contributed by atoms with van der Waals surface area (Å²) >= 11 is 0. The van der Waals surface area contributed by atoms with Gasteiger partial charge in [-0.15, -0.1) is 0 Å². The summed E-state index contributed by atoms with van der Waals surface area (Å²) in [6.07, 6.45) is 2.96. The minimum absolute atomic E-state index is 0.153. The monoisotopic (exact) mass is 375 g/mol. The normalized spacial score (nSPS) is 22.9. The fourth-order valence-corrected chi connectivity index (χ4v) is 3.86. The van der Waals surface area contributed by atoms with Crippen LogP contribution in [0.3, 0.4) is 0 Å². The molecular weight excluding hydrogens is 346 g/mol. The molecule has 0 aromatic heterocycles. The van der Waals surface area contributed by atoms with Crippen LogP contribution in [0.4, 0.5) is 4.79 Å². The van der Waals surface area contributed by atoms with E-state index in [1.807, 2.05) is 17.9 Å². The van der Waals surface area contributed by atoms with Gasteiger partial charge in [0.2, 0.25) is 5.91 Å². The number of ether oxygens (including phenoxy) is 2. The summed E-state index contributed by atoms with van der Waals surface area (Å²) in [6, 6.07) is 5.83. The molecule has 2 fully saturated rings. The summed E-state index contributed by atoms with van der Waals surface area (Å²) in [5, 5.41) is 5.65. The lowest BCUT2D eigenvalue weighted by atomic mass is 9.88. The van der Waals surface area contributed by atoms with Crippen LogP contribution in [0, 0.1) is 0 Å². The van der Waals surface area contributed by atoms with Gasteiger partial charge in [0.1, 0.15) is 11.5 Å². The molecule has 2 aliphatic rings. The molecule has 2 aliphatic heterocycles. The highest BCUT2D eigenvalue weighted by Gasteiger charge is 2.34. The Labute approximate surface area is 160 Å². The van der Waals surface area contributed by atoms with Gasteiger partial charge < -0.3 is 25.0 Å². The van der Waals surface area contributed by atoms with Crippen molar-refractivity contribution in [1.82, 2.24) is 15.5 Å². The maximum absolute atomic E-state index is 12.6. The van der Waals surface area contributed by atoms with Gasteiger partial charge in [0.25, 0.3) is 0 Å². The minimum atomic E-state index is -0.331. The van der Waals surface area contributed by atoms with Crippen molar-refractivity contribution in [3.8, 4) is 11.5 Å². The number of urea groups is 1. The molecular formula is C20H29N3O4. The zero-order valence-electron chi connectivity index (χ0n) is 16.3. The summed E-state index contributed by atoms with van der Waals surface area (Å²) < 4.78 is 10.7. The van der Waals surface area contributed by atoms with Gasteiger partial charge in [-0.1, -0.05) is 0 Å². The minimum Gasteiger partial charge on any atom is -0.497 e. The van der Waals surface area contributed by atoms with E-state index in [9.17, 15) is 9.59 Å². The van der Waals surface area contributed by atoms with Gasteiger partial charge in [0, 0.05) is 32.1 Å². The number of likely N-dealkylation sites (tertiary alicyclic amines) is 1. The van der Waals surface area contributed by atoms with Crippen LogP contribution in [-0.4, -0.2) is 56.2 Å². The Hall–Kier alpha value is -2.44. The predicted molar refractivity (Wildman–Crippen MR) is 102 cm³/mol. The first kappa shape index (κ1) is 19.3. The number of hydrogen-bond acceptors (Lipinski definition) is 4. The van der Waals surface area contributed by atoms with Crippen molar-refractivity contribution in [3.05, 3.63) is 23.8 Å². The van der Waals surface area contributed by atoms with Crippen molar-refractivity contribution < 1.29 is 19.1 Å². The Balaban J connectivity index is 1.52. The fourth-order valence-electron chi connectivity index (χ4n) is 3.86. The molecule has 0 bridgehead atoms. The lowest BCUT2D eigenvalue weighted by Gasteiger charge is -2.33. The number of hydrogen-bond donors (Lipinski definition) is 2. The molecule has 1 unspecified atom stereocenters. The number of carbonyl (C=O) groups excluding carboxylic acids is 2. The van der Waals surface area contributed by atoms with Crippen molar-refractivity contribution in [2.45, 2.75) is 44.1 Å². The van der Waals surface area contributed by atoms with Crippen LogP contribution < -0.4 is 20.1 Å². The van der Waals surface area contributed by atoms with E-state index in [0.29, 0.717) is 25.3 Å². The standard InChI is InChI=1S/C20H29N3O4/c1-20(13-21-19(25)22-20)7-4-18(24)23-8-5-14(6-9-23)15-10-16(26-2)12-17(11-15)27-3/h10-12,14H,4-9,13H2,1-3H3,(H2,21,22,25). The van der Waals surface area contributed by atoms with Gasteiger partial charge in [0.05, 0.1) is 19.8 Å². The Morgan fingerprint density at radius 3 is 2.33 bits per heavy atom. The molecule has 27 heavy (non-hydrogen) atoms. The van der Waals surface area contributed by atoms with Crippen molar-refractivity contribution in [2.24, 2.45) is 0 Å². The summed E-state index contributed by atoms with van der Waals surface area (Å²) in [5.74, 6) is 2.15. The third-order valence-corrected chi connectivity index (χ3v) is 5.64. The Kier molecular flexibility index (Phi) is 5.77. The second-order valence-electron chi connectivity index (χ2n) is 7.67. The van der Waals surface area contributed by atoms with Gasteiger partial charge in [-0.25, -0.2) is 4.79 Å². The average Bonchev–Trinajstić information content (AvgIpc) is 3.04. The molecule has 1 aromatic carbocycles. The van der Waals surface area contributed by atoms with E-state index in [1.165, 1.54) is 5.56 Å². The summed E-state index contributed by atoms with van der Waals surface area (Å²) in [6.45, 7) is 4.05. The van der Waals surface area contributed by atoms with Crippen LogP contribution in [0.2, 0.25) is 0 Å². The van der Waals surface area contributed by atoms with Gasteiger partial charge in [-0.2, -0.15) is 0 Å². The van der Waals surface area contributed by atoms with Crippen molar-refractivity contribution in [1.29, 1.82) is 0 Å². The number of amides is 3. The van der Waals surface area contributed by atoms with Crippen LogP contribution in [0.15, 0.2) is 18.2 Å². The Morgan fingerprint density at radius 1 is 1.19 bits per heavy atom. The van der Waals surface area contributed by atoms with Crippen LogP contribution in [-0.2, 0) is 4.79 Å². The first-order chi connectivity index (χ1) is 12.9. The third-order valence-electron chi connectivity index (χ3n) is 5.64. The summed E-state index contributed by atoms with van der Waals surface area (Å²) in [4.78, 5) is 25.9. The molecule has 0 spiro atoms. The number of nitrogens with one attached hydrogen (secondary N) is 2. The van der Waals surface area contributed by atoms with Crippen molar-refractivity contribution in [3.63, 3.8) is 0 Å². The van der Waals surface area contributed by atoms with Crippen molar-refractivity contribution >= 4 is 11.9 Å². The first-order valence-corrected chi connectivity index (χ1v) is 9.49. The van der Waals surface area contributed by atoms with E-state index in [-0.39, 0.29) is 17.5 Å². The molecule has 7 heteroatoms. The molecule has 1 aromatic rings. The third kappa shape index (κ3) is 4.64. The van der Waals surface area contributed by atoms with E-state index in [0.717, 1.165) is 37.4 Å². The van der Waals surface area contributed by atoms with Gasteiger partial charge in [0.15, 0.2) is 0 Å². The fraction of sp³-hybridized carbons (Fsp3) is 0.600. The quantitative estimate of drug-likeness (QED) is 0.799. The number of piperidine rings is 1. The van der Waals surface area contributed by atoms with Gasteiger partial charge in [-0.3, -0.25) is 4.79 Å². The lowest BCUT2D eigenvalue weighted by Crippen LogP contribution is -2.43. The SMILES string of the molecule is COc1cc(OC)cc(C2CCN(C(=O)CCC3(C)CNC(=O)N3)CC2)c1. The average molecular weight is 375 g/mol. The van der Waals surface area contributed by atoms with E-state index >= 15 is 0 Å². The second kappa shape index (κ2) is 8.06. The molecule has 3 amide bonds. The smallest absolute Gasteiger partial charge is 0.315 e. The Morgan fingerprint density at radius 2 is 1.81 bits per heavy atom. The topological polar surface area (TPSA) is 79.9 Å². The van der Waals surface area contributed by atoms with E-state index < -0.39 is 0 Å².